The average molecular weight is 384 g/mol. The highest BCUT2D eigenvalue weighted by Gasteiger charge is 2.23. The van der Waals surface area contributed by atoms with Gasteiger partial charge in [0.1, 0.15) is 0 Å². The van der Waals surface area contributed by atoms with E-state index in [4.69, 9.17) is 0 Å². The highest BCUT2D eigenvalue weighted by molar-refractivity contribution is 5.87. The molecular weight excluding hydrogens is 360 g/mol. The average Bonchev–Trinajstić information content (AvgIpc) is 2.73. The summed E-state index contributed by atoms with van der Waals surface area (Å²) in [7, 11) is 0. The lowest BCUT2D eigenvalue weighted by Crippen LogP contribution is -2.38. The molecule has 0 unspecified atom stereocenters. The minimum absolute atomic E-state index is 0.277. The van der Waals surface area contributed by atoms with Gasteiger partial charge in [-0.1, -0.05) is 6.42 Å². The fraction of sp³-hybridized carbons (Fsp3) is 0.444. The molecular formula is C18H24N8O2. The molecule has 0 aromatic carbocycles. The van der Waals surface area contributed by atoms with E-state index in [0.29, 0.717) is 24.9 Å². The third kappa shape index (κ3) is 6.45. The van der Waals surface area contributed by atoms with Crippen molar-refractivity contribution in [2.45, 2.75) is 25.7 Å². The number of amides is 4. The summed E-state index contributed by atoms with van der Waals surface area (Å²) in [5, 5.41) is 11.0. The van der Waals surface area contributed by atoms with Crippen LogP contribution in [0.25, 0.3) is 0 Å². The normalized spacial score (nSPS) is 18.7. The van der Waals surface area contributed by atoms with E-state index in [0.717, 1.165) is 25.7 Å². The number of nitrogens with zero attached hydrogens (tertiary/aromatic N) is 4. The number of nitrogens with one attached hydrogen (secondary N) is 4. The summed E-state index contributed by atoms with van der Waals surface area (Å²) in [6.45, 7) is 1.17. The van der Waals surface area contributed by atoms with Crippen molar-refractivity contribution < 1.29 is 9.59 Å². The van der Waals surface area contributed by atoms with Crippen molar-refractivity contribution in [1.29, 1.82) is 0 Å². The summed E-state index contributed by atoms with van der Waals surface area (Å²) in [6.07, 6.45) is 10.4. The van der Waals surface area contributed by atoms with Crippen molar-refractivity contribution in [3.8, 4) is 0 Å². The molecule has 2 heterocycles. The molecule has 0 spiro atoms. The predicted molar refractivity (Wildman–Crippen MR) is 104 cm³/mol. The summed E-state index contributed by atoms with van der Waals surface area (Å²) >= 11 is 0. The summed E-state index contributed by atoms with van der Waals surface area (Å²) < 4.78 is 0. The maximum atomic E-state index is 11.9. The van der Waals surface area contributed by atoms with Crippen LogP contribution >= 0.6 is 0 Å². The molecule has 2 aromatic rings. The highest BCUT2D eigenvalue weighted by atomic mass is 16.2. The van der Waals surface area contributed by atoms with E-state index < -0.39 is 0 Å². The summed E-state index contributed by atoms with van der Waals surface area (Å²) in [4.78, 5) is 39.7. The Balaban J connectivity index is 1.35. The molecule has 1 aliphatic carbocycles. The largest absolute Gasteiger partial charge is 0.338 e. The van der Waals surface area contributed by atoms with Crippen LogP contribution in [0.5, 0.6) is 0 Å². The van der Waals surface area contributed by atoms with Gasteiger partial charge >= 0.3 is 12.1 Å². The molecule has 4 amide bonds. The van der Waals surface area contributed by atoms with Crippen LogP contribution in [0, 0.1) is 11.8 Å². The van der Waals surface area contributed by atoms with E-state index in [-0.39, 0.29) is 24.0 Å². The monoisotopic (exact) mass is 384 g/mol. The number of rotatable bonds is 6. The second kappa shape index (κ2) is 10.1. The summed E-state index contributed by atoms with van der Waals surface area (Å²) in [5.41, 5.74) is 0. The van der Waals surface area contributed by atoms with Gasteiger partial charge in [-0.05, 0) is 43.2 Å². The van der Waals surface area contributed by atoms with Gasteiger partial charge in [-0.25, -0.2) is 29.5 Å². The van der Waals surface area contributed by atoms with Crippen LogP contribution in [0.2, 0.25) is 0 Å². The Morgan fingerprint density at radius 1 is 0.786 bits per heavy atom. The molecule has 28 heavy (non-hydrogen) atoms. The van der Waals surface area contributed by atoms with Gasteiger partial charge in [-0.3, -0.25) is 10.6 Å². The zero-order valence-electron chi connectivity index (χ0n) is 15.5. The smallest absolute Gasteiger partial charge is 0.321 e. The van der Waals surface area contributed by atoms with Crippen molar-refractivity contribution in [1.82, 2.24) is 30.6 Å². The van der Waals surface area contributed by atoms with E-state index in [2.05, 4.69) is 41.2 Å². The standard InChI is InChI=1S/C18H24N8O2/c27-17(25-15-19-6-2-7-20-15)23-11-13-4-1-5-14(10-13)12-24-18(28)26-16-21-8-3-9-22-16/h2-3,6-9,13-14H,1,4-5,10-12H2,(H2,19,20,23,25,27)(H2,21,22,24,26,28)/t13-,14+. The molecule has 4 N–H and O–H groups in total. The van der Waals surface area contributed by atoms with Crippen LogP contribution in [-0.4, -0.2) is 45.1 Å². The van der Waals surface area contributed by atoms with Crippen LogP contribution < -0.4 is 21.3 Å². The van der Waals surface area contributed by atoms with E-state index in [1.165, 1.54) is 0 Å². The van der Waals surface area contributed by atoms with Gasteiger partial charge in [-0.2, -0.15) is 0 Å². The van der Waals surface area contributed by atoms with Crippen LogP contribution in [-0.2, 0) is 0 Å². The van der Waals surface area contributed by atoms with Crippen molar-refractivity contribution in [2.75, 3.05) is 23.7 Å². The van der Waals surface area contributed by atoms with Crippen molar-refractivity contribution in [2.24, 2.45) is 11.8 Å². The van der Waals surface area contributed by atoms with Gasteiger partial charge in [0.25, 0.3) is 0 Å². The van der Waals surface area contributed by atoms with Gasteiger partial charge in [0, 0.05) is 37.9 Å². The first-order valence-electron chi connectivity index (χ1n) is 9.33. The maximum absolute atomic E-state index is 11.9. The fourth-order valence-corrected chi connectivity index (χ4v) is 3.27. The van der Waals surface area contributed by atoms with E-state index in [9.17, 15) is 9.59 Å². The third-order valence-corrected chi connectivity index (χ3v) is 4.58. The quantitative estimate of drug-likeness (QED) is 0.602. The molecule has 10 nitrogen and oxygen atoms in total. The molecule has 2 aromatic heterocycles. The second-order valence-corrected chi connectivity index (χ2v) is 6.71. The zero-order valence-corrected chi connectivity index (χ0v) is 15.5. The van der Waals surface area contributed by atoms with Gasteiger partial charge in [0.15, 0.2) is 0 Å². The minimum Gasteiger partial charge on any atom is -0.338 e. The topological polar surface area (TPSA) is 134 Å². The Bertz CT molecular complexity index is 695. The number of hydrogen-bond acceptors (Lipinski definition) is 6. The Hall–Kier alpha value is -3.30. The molecule has 148 valence electrons. The Labute approximate surface area is 163 Å². The molecule has 1 saturated carbocycles. The van der Waals surface area contributed by atoms with Crippen molar-refractivity contribution >= 4 is 24.0 Å². The lowest BCUT2D eigenvalue weighted by molar-refractivity contribution is 0.230. The zero-order chi connectivity index (χ0) is 19.6. The number of carbonyl (C=O) groups excluding carboxylic acids is 2. The number of urea groups is 2. The molecule has 0 radical (unpaired) electrons. The van der Waals surface area contributed by atoms with E-state index >= 15 is 0 Å². The minimum atomic E-state index is -0.311. The highest BCUT2D eigenvalue weighted by Crippen LogP contribution is 2.28. The number of carbonyl (C=O) groups is 2. The molecule has 1 aliphatic rings. The first-order chi connectivity index (χ1) is 13.7. The van der Waals surface area contributed by atoms with Crippen molar-refractivity contribution in [3.05, 3.63) is 36.9 Å². The van der Waals surface area contributed by atoms with Crippen LogP contribution in [0.1, 0.15) is 25.7 Å². The first-order valence-corrected chi connectivity index (χ1v) is 9.33. The van der Waals surface area contributed by atoms with Crippen LogP contribution in [0.15, 0.2) is 36.9 Å². The molecule has 0 bridgehead atoms. The Morgan fingerprint density at radius 3 is 1.64 bits per heavy atom. The lowest BCUT2D eigenvalue weighted by Gasteiger charge is -2.29. The fourth-order valence-electron chi connectivity index (χ4n) is 3.27. The van der Waals surface area contributed by atoms with Crippen molar-refractivity contribution in [3.63, 3.8) is 0 Å². The number of anilines is 2. The lowest BCUT2D eigenvalue weighted by atomic mass is 9.81. The molecule has 3 rings (SSSR count). The number of hydrogen-bond donors (Lipinski definition) is 4. The molecule has 0 aliphatic heterocycles. The Kier molecular flexibility index (Phi) is 7.05. The van der Waals surface area contributed by atoms with Gasteiger partial charge in [-0.15, -0.1) is 0 Å². The maximum Gasteiger partial charge on any atom is 0.321 e. The van der Waals surface area contributed by atoms with Gasteiger partial charge in [0.2, 0.25) is 11.9 Å². The Morgan fingerprint density at radius 2 is 1.21 bits per heavy atom. The molecule has 10 heteroatoms. The second-order valence-electron chi connectivity index (χ2n) is 6.71. The molecule has 2 atom stereocenters. The molecule has 1 fully saturated rings. The van der Waals surface area contributed by atoms with E-state index in [1.807, 2.05) is 0 Å². The predicted octanol–water partition coefficient (Wildman–Crippen LogP) is 2.02. The summed E-state index contributed by atoms with van der Waals surface area (Å²) in [5.74, 6) is 1.31. The van der Waals surface area contributed by atoms with Crippen LogP contribution in [0.4, 0.5) is 21.5 Å². The molecule has 0 saturated heterocycles. The van der Waals surface area contributed by atoms with Gasteiger partial charge < -0.3 is 10.6 Å². The summed E-state index contributed by atoms with van der Waals surface area (Å²) in [6, 6.07) is 2.75. The van der Waals surface area contributed by atoms with Gasteiger partial charge in [0.05, 0.1) is 0 Å². The first kappa shape index (κ1) is 19.5. The third-order valence-electron chi connectivity index (χ3n) is 4.58. The van der Waals surface area contributed by atoms with Crippen LogP contribution in [0.3, 0.4) is 0 Å². The van der Waals surface area contributed by atoms with E-state index in [1.54, 1.807) is 36.9 Å². The number of aromatic nitrogens is 4. The SMILES string of the molecule is O=C(NC[C@H]1CCC[C@@H](CNC(=O)Nc2ncccn2)C1)Nc1ncccn1.